The van der Waals surface area contributed by atoms with Crippen LogP contribution in [0.1, 0.15) is 32.3 Å². The number of carbonyl (C=O) groups is 2. The highest BCUT2D eigenvalue weighted by atomic mass is 19.1. The fraction of sp³-hybridized carbons (Fsp3) is 0.462. The third-order valence-electron chi connectivity index (χ3n) is 5.03. The number of halogens is 2. The summed E-state index contributed by atoms with van der Waals surface area (Å²) < 4.78 is 48.6. The number of carbonyl (C=O) groups excluding carboxylic acids is 1. The van der Waals surface area contributed by atoms with Crippen molar-refractivity contribution in [2.75, 3.05) is 39.5 Å². The van der Waals surface area contributed by atoms with Crippen LogP contribution in [-0.4, -0.2) is 67.7 Å². The molecule has 0 bridgehead atoms. The first-order valence-electron chi connectivity index (χ1n) is 11.9. The van der Waals surface area contributed by atoms with E-state index >= 15 is 0 Å². The zero-order chi connectivity index (χ0) is 26.3. The molecule has 1 amide bonds. The van der Waals surface area contributed by atoms with Gasteiger partial charge in [0.1, 0.15) is 18.2 Å². The lowest BCUT2D eigenvalue weighted by atomic mass is 10.1. The number of hydrogen-bond donors (Lipinski definition) is 1. The molecule has 0 aliphatic rings. The van der Waals surface area contributed by atoms with Gasteiger partial charge >= 0.3 is 12.1 Å². The molecule has 0 aliphatic carbocycles. The quantitative estimate of drug-likeness (QED) is 0.328. The maximum atomic E-state index is 13.9. The van der Waals surface area contributed by atoms with Gasteiger partial charge in [0, 0.05) is 38.9 Å². The van der Waals surface area contributed by atoms with Gasteiger partial charge in [-0.05, 0) is 49.6 Å². The van der Waals surface area contributed by atoms with Gasteiger partial charge in [-0.15, -0.1) is 0 Å². The predicted molar refractivity (Wildman–Crippen MR) is 128 cm³/mol. The molecule has 0 heterocycles. The van der Waals surface area contributed by atoms with Gasteiger partial charge in [0.2, 0.25) is 0 Å². The number of nitrogens with zero attached hydrogens (tertiary/aromatic N) is 1. The maximum Gasteiger partial charge on any atom is 0.415 e. The van der Waals surface area contributed by atoms with Crippen molar-refractivity contribution in [3.63, 3.8) is 0 Å². The lowest BCUT2D eigenvalue weighted by Crippen LogP contribution is -2.38. The van der Waals surface area contributed by atoms with Gasteiger partial charge in [-0.1, -0.05) is 19.1 Å². The maximum absolute atomic E-state index is 13.9. The fourth-order valence-electron chi connectivity index (χ4n) is 3.24. The molecule has 2 aromatic rings. The van der Waals surface area contributed by atoms with Gasteiger partial charge < -0.3 is 29.0 Å². The van der Waals surface area contributed by atoms with Gasteiger partial charge in [-0.2, -0.15) is 0 Å². The molecule has 0 spiro atoms. The average Bonchev–Trinajstić information content (AvgIpc) is 2.85. The van der Waals surface area contributed by atoms with Crippen molar-refractivity contribution in [2.45, 2.75) is 39.2 Å². The number of carboxylic acids is 1. The SMILES string of the molecule is CCCOCCCN(CCOc1ccc(CC(OCC)C(=O)O)cc1)C(=O)Oc1ccc(F)cc1F. The van der Waals surface area contributed by atoms with Crippen molar-refractivity contribution in [3.8, 4) is 11.5 Å². The molecule has 8 nitrogen and oxygen atoms in total. The van der Waals surface area contributed by atoms with Gasteiger partial charge in [0.15, 0.2) is 17.7 Å². The molecule has 0 saturated carbocycles. The van der Waals surface area contributed by atoms with Crippen molar-refractivity contribution in [2.24, 2.45) is 0 Å². The highest BCUT2D eigenvalue weighted by molar-refractivity contribution is 5.72. The topological polar surface area (TPSA) is 94.5 Å². The Morgan fingerprint density at radius 3 is 2.39 bits per heavy atom. The number of amides is 1. The summed E-state index contributed by atoms with van der Waals surface area (Å²) >= 11 is 0. The van der Waals surface area contributed by atoms with Crippen LogP contribution in [0.25, 0.3) is 0 Å². The van der Waals surface area contributed by atoms with Crippen molar-refractivity contribution < 1.29 is 42.4 Å². The Morgan fingerprint density at radius 2 is 1.75 bits per heavy atom. The molecular weight excluding hydrogens is 476 g/mol. The van der Waals surface area contributed by atoms with Gasteiger partial charge in [-0.25, -0.2) is 18.4 Å². The molecule has 36 heavy (non-hydrogen) atoms. The molecule has 0 fully saturated rings. The first kappa shape index (κ1) is 29.0. The van der Waals surface area contributed by atoms with E-state index in [1.165, 1.54) is 4.90 Å². The summed E-state index contributed by atoms with van der Waals surface area (Å²) in [6, 6.07) is 9.62. The number of ether oxygens (including phenoxy) is 4. The molecule has 10 heteroatoms. The second-order valence-electron chi connectivity index (χ2n) is 7.87. The summed E-state index contributed by atoms with van der Waals surface area (Å²) in [5, 5.41) is 9.22. The minimum Gasteiger partial charge on any atom is -0.492 e. The van der Waals surface area contributed by atoms with E-state index in [1.54, 1.807) is 31.2 Å². The molecule has 0 aromatic heterocycles. The summed E-state index contributed by atoms with van der Waals surface area (Å²) in [5.41, 5.74) is 0.779. The van der Waals surface area contributed by atoms with Crippen LogP contribution in [0.3, 0.4) is 0 Å². The van der Waals surface area contributed by atoms with Crippen LogP contribution < -0.4 is 9.47 Å². The number of benzene rings is 2. The Kier molecular flexibility index (Phi) is 12.6. The Bertz CT molecular complexity index is 956. The number of aliphatic carboxylic acids is 1. The smallest absolute Gasteiger partial charge is 0.415 e. The molecular formula is C26H33F2NO7. The third kappa shape index (κ3) is 10.2. The van der Waals surface area contributed by atoms with Gasteiger partial charge in [-0.3, -0.25) is 0 Å². The van der Waals surface area contributed by atoms with E-state index in [9.17, 15) is 23.5 Å². The summed E-state index contributed by atoms with van der Waals surface area (Å²) in [6.07, 6.45) is -0.0621. The van der Waals surface area contributed by atoms with E-state index in [1.807, 2.05) is 6.92 Å². The van der Waals surface area contributed by atoms with Gasteiger partial charge in [0.05, 0.1) is 6.54 Å². The van der Waals surface area contributed by atoms with E-state index in [4.69, 9.17) is 18.9 Å². The van der Waals surface area contributed by atoms with Crippen LogP contribution in [0.15, 0.2) is 42.5 Å². The fourth-order valence-corrected chi connectivity index (χ4v) is 3.24. The molecule has 1 N–H and O–H groups in total. The first-order valence-corrected chi connectivity index (χ1v) is 11.9. The van der Waals surface area contributed by atoms with Crippen molar-refractivity contribution in [1.82, 2.24) is 4.90 Å². The minimum absolute atomic E-state index is 0.132. The molecule has 1 unspecified atom stereocenters. The number of carboxylic acid groups (broad SMARTS) is 1. The average molecular weight is 510 g/mol. The Balaban J connectivity index is 1.93. The summed E-state index contributed by atoms with van der Waals surface area (Å²) in [7, 11) is 0. The number of hydrogen-bond acceptors (Lipinski definition) is 6. The predicted octanol–water partition coefficient (Wildman–Crippen LogP) is 4.69. The zero-order valence-electron chi connectivity index (χ0n) is 20.6. The molecule has 2 rings (SSSR count). The normalized spacial score (nSPS) is 11.7. The van der Waals surface area contributed by atoms with E-state index in [0.717, 1.165) is 24.1 Å². The standard InChI is InChI=1S/C26H33F2NO7/c1-3-14-33-15-5-12-29(26(32)36-23-11-8-20(27)18-22(23)28)13-16-35-21-9-6-19(7-10-21)17-24(25(30)31)34-4-2/h6-11,18,24H,3-5,12-17H2,1-2H3,(H,30,31). The Morgan fingerprint density at radius 1 is 1.00 bits per heavy atom. The first-order chi connectivity index (χ1) is 17.3. The lowest BCUT2D eigenvalue weighted by molar-refractivity contribution is -0.149. The van der Waals surface area contributed by atoms with Crippen LogP contribution in [0.5, 0.6) is 11.5 Å². The van der Waals surface area contributed by atoms with Crippen LogP contribution in [0.2, 0.25) is 0 Å². The molecule has 0 aliphatic heterocycles. The van der Waals surface area contributed by atoms with Crippen molar-refractivity contribution in [3.05, 3.63) is 59.7 Å². The van der Waals surface area contributed by atoms with E-state index < -0.39 is 29.8 Å². The highest BCUT2D eigenvalue weighted by Crippen LogP contribution is 2.19. The molecule has 1 atom stereocenters. The lowest BCUT2D eigenvalue weighted by Gasteiger charge is -2.22. The second-order valence-corrected chi connectivity index (χ2v) is 7.87. The Labute approximate surface area is 209 Å². The van der Waals surface area contributed by atoms with E-state index in [-0.39, 0.29) is 25.3 Å². The van der Waals surface area contributed by atoms with Gasteiger partial charge in [0.25, 0.3) is 0 Å². The molecule has 0 saturated heterocycles. The monoisotopic (exact) mass is 509 g/mol. The summed E-state index contributed by atoms with van der Waals surface area (Å²) in [5.74, 6) is -2.60. The minimum atomic E-state index is -1.02. The second kappa shape index (κ2) is 15.7. The zero-order valence-corrected chi connectivity index (χ0v) is 20.6. The summed E-state index contributed by atoms with van der Waals surface area (Å²) in [6.45, 7) is 5.67. The van der Waals surface area contributed by atoms with E-state index in [0.29, 0.717) is 44.6 Å². The van der Waals surface area contributed by atoms with Crippen molar-refractivity contribution in [1.29, 1.82) is 0 Å². The molecule has 198 valence electrons. The van der Waals surface area contributed by atoms with Crippen LogP contribution >= 0.6 is 0 Å². The number of rotatable bonds is 16. The summed E-state index contributed by atoms with van der Waals surface area (Å²) in [4.78, 5) is 25.3. The Hall–Kier alpha value is -3.24. The van der Waals surface area contributed by atoms with E-state index in [2.05, 4.69) is 0 Å². The molecule has 2 aromatic carbocycles. The van der Waals surface area contributed by atoms with Crippen LogP contribution in [-0.2, 0) is 20.7 Å². The largest absolute Gasteiger partial charge is 0.492 e. The third-order valence-corrected chi connectivity index (χ3v) is 5.03. The van der Waals surface area contributed by atoms with Crippen LogP contribution in [0.4, 0.5) is 13.6 Å². The highest BCUT2D eigenvalue weighted by Gasteiger charge is 2.19. The van der Waals surface area contributed by atoms with Crippen molar-refractivity contribution >= 4 is 12.1 Å². The molecule has 0 radical (unpaired) electrons. The van der Waals surface area contributed by atoms with Crippen LogP contribution in [0, 0.1) is 11.6 Å².